The Morgan fingerprint density at radius 2 is 1.12 bits per heavy atom. The molecule has 8 heavy (non-hydrogen) atoms. The number of carboxylic acid groups (broad SMARTS) is 2. The predicted molar refractivity (Wildman–Crippen MR) is 5.40 cm³/mol. The normalized spacial score (nSPS) is 3.00. The second-order valence-electron chi connectivity index (χ2n) is 0.250. The Morgan fingerprint density at radius 1 is 1.12 bits per heavy atom. The first-order valence-electron chi connectivity index (χ1n) is 0.612. The fourth-order valence-electron chi connectivity index (χ4n) is 0. The van der Waals surface area contributed by atoms with Gasteiger partial charge in [-0.25, -0.2) is 0 Å². The molecule has 0 aliphatic carbocycles. The smallest absolute Gasteiger partial charge is 1.00 e. The molecule has 0 atom stereocenters. The summed E-state index contributed by atoms with van der Waals surface area (Å²) in [4.78, 5) is 8.33. The van der Waals surface area contributed by atoms with Gasteiger partial charge in [0.2, 0.25) is 0 Å². The second-order valence-corrected chi connectivity index (χ2v) is 0.250. The molecule has 0 radical (unpaired) electrons. The van der Waals surface area contributed by atoms with Crippen molar-refractivity contribution in [3.05, 3.63) is 0 Å². The SMILES string of the molecule is O=C([O-])[O-].[Cu+].[I-].[K+].[K+]. The molecule has 0 spiro atoms. The summed E-state index contributed by atoms with van der Waals surface area (Å²) < 4.78 is 0. The number of carbonyl (C=O) groups is 1. The van der Waals surface area contributed by atoms with E-state index < -0.39 is 6.16 Å². The summed E-state index contributed by atoms with van der Waals surface area (Å²) in [5.41, 5.74) is 0. The van der Waals surface area contributed by atoms with Gasteiger partial charge in [-0.3, -0.25) is 0 Å². The fraction of sp³-hybridized carbons (Fsp3) is 0. The van der Waals surface area contributed by atoms with E-state index in [1.807, 2.05) is 0 Å². The molecule has 3 nitrogen and oxygen atoms in total. The van der Waals surface area contributed by atoms with E-state index in [0.717, 1.165) is 0 Å². The molecule has 0 bridgehead atoms. The molecule has 0 saturated carbocycles. The Kier molecular flexibility index (Phi) is 83.5. The van der Waals surface area contributed by atoms with Crippen molar-refractivity contribution in [2.45, 2.75) is 0 Å². The fourth-order valence-corrected chi connectivity index (χ4v) is 0. The molecule has 0 aliphatic heterocycles. The average Bonchev–Trinajstić information content (AvgIpc) is 0.811. The average molecular weight is 329 g/mol. The number of hydrogen-bond acceptors (Lipinski definition) is 3. The van der Waals surface area contributed by atoms with Crippen molar-refractivity contribution in [1.29, 1.82) is 0 Å². The molecule has 0 heterocycles. The van der Waals surface area contributed by atoms with Crippen LogP contribution in [0.3, 0.4) is 0 Å². The van der Waals surface area contributed by atoms with Crippen LogP contribution in [-0.4, -0.2) is 6.16 Å². The van der Waals surface area contributed by atoms with Gasteiger partial charge in [0.05, 0.1) is 0 Å². The number of halogens is 1. The third-order valence-electron chi connectivity index (χ3n) is 0. The molecule has 0 aromatic heterocycles. The van der Waals surface area contributed by atoms with Gasteiger partial charge in [-0.05, 0) is 6.16 Å². The van der Waals surface area contributed by atoms with Gasteiger partial charge in [-0.1, -0.05) is 0 Å². The van der Waals surface area contributed by atoms with E-state index in [2.05, 4.69) is 0 Å². The third-order valence-corrected chi connectivity index (χ3v) is 0. The molecule has 0 aromatic carbocycles. The third kappa shape index (κ3) is 52.6. The monoisotopic (exact) mass is 328 g/mol. The van der Waals surface area contributed by atoms with Crippen molar-refractivity contribution in [3.63, 3.8) is 0 Å². The molecule has 0 aromatic rings. The van der Waals surface area contributed by atoms with Crippen LogP contribution in [0.5, 0.6) is 0 Å². The molecule has 0 saturated heterocycles. The molecule has 0 amide bonds. The molecule has 0 rings (SSSR count). The number of hydrogen-bond donors (Lipinski definition) is 0. The summed E-state index contributed by atoms with van der Waals surface area (Å²) >= 11 is 0. The van der Waals surface area contributed by atoms with E-state index in [1.165, 1.54) is 0 Å². The van der Waals surface area contributed by atoms with Gasteiger partial charge in [0.1, 0.15) is 0 Å². The Labute approximate surface area is 160 Å². The minimum absolute atomic E-state index is 0. The molecular weight excluding hydrogens is 329 g/mol. The van der Waals surface area contributed by atoms with Gasteiger partial charge in [0.15, 0.2) is 0 Å². The molecule has 0 fully saturated rings. The number of rotatable bonds is 0. The van der Waals surface area contributed by atoms with Gasteiger partial charge < -0.3 is 39.0 Å². The maximum Gasteiger partial charge on any atom is 1.00 e. The first-order chi connectivity index (χ1) is 1.73. The van der Waals surface area contributed by atoms with Crippen LogP contribution >= 0.6 is 0 Å². The van der Waals surface area contributed by atoms with Crippen molar-refractivity contribution < 1.29 is 159 Å². The molecule has 0 unspecified atom stereocenters. The molecule has 7 heteroatoms. The minimum atomic E-state index is -2.33. The van der Waals surface area contributed by atoms with Crippen LogP contribution in [-0.2, 0) is 17.1 Å². The van der Waals surface area contributed by atoms with E-state index in [1.54, 1.807) is 0 Å². The van der Waals surface area contributed by atoms with Crippen LogP contribution in [0.1, 0.15) is 0 Å². The standard InChI is InChI=1S/CH2O3.Cu.HI.2K/c2-1(3)4;;;;/h(H2,2,3,4);;1H;;/q;+1;;2*+1/p-3. The Balaban J connectivity index is -0.00000000750. The summed E-state index contributed by atoms with van der Waals surface area (Å²) in [7, 11) is 0. The van der Waals surface area contributed by atoms with Gasteiger partial charge in [-0.15, -0.1) is 0 Å². The minimum Gasteiger partial charge on any atom is -1.00 e. The summed E-state index contributed by atoms with van der Waals surface area (Å²) in [5, 5.41) is 16.7. The van der Waals surface area contributed by atoms with Gasteiger partial charge in [0, 0.05) is 0 Å². The van der Waals surface area contributed by atoms with Crippen LogP contribution in [0.2, 0.25) is 0 Å². The number of carbonyl (C=O) groups excluding carboxylic acids is 1. The summed E-state index contributed by atoms with van der Waals surface area (Å²) in [6.07, 6.45) is -2.33. The van der Waals surface area contributed by atoms with Crippen molar-refractivity contribution >= 4 is 6.16 Å². The van der Waals surface area contributed by atoms with Crippen molar-refractivity contribution in [2.75, 3.05) is 0 Å². The zero-order chi connectivity index (χ0) is 3.58. The van der Waals surface area contributed by atoms with Crippen LogP contribution in [0.15, 0.2) is 0 Å². The first kappa shape index (κ1) is 29.8. The molecule has 0 aliphatic rings. The predicted octanol–water partition coefficient (Wildman–Crippen LogP) is -11.4. The van der Waals surface area contributed by atoms with E-state index in [9.17, 15) is 0 Å². The van der Waals surface area contributed by atoms with Crippen LogP contribution in [0.4, 0.5) is 4.79 Å². The van der Waals surface area contributed by atoms with E-state index in [0.29, 0.717) is 0 Å². The quantitative estimate of drug-likeness (QED) is 0.328. The Morgan fingerprint density at radius 3 is 1.12 bits per heavy atom. The zero-order valence-electron chi connectivity index (χ0n) is 4.40. The first-order valence-corrected chi connectivity index (χ1v) is 0.612. The van der Waals surface area contributed by atoms with Gasteiger partial charge in [0.25, 0.3) is 0 Å². The topological polar surface area (TPSA) is 63.2 Å². The molecule has 42 valence electrons. The van der Waals surface area contributed by atoms with E-state index in [-0.39, 0.29) is 144 Å². The summed E-state index contributed by atoms with van der Waals surface area (Å²) in [6.45, 7) is 0. The van der Waals surface area contributed by atoms with Crippen molar-refractivity contribution in [1.82, 2.24) is 0 Å². The van der Waals surface area contributed by atoms with Crippen molar-refractivity contribution in [2.24, 2.45) is 0 Å². The summed E-state index contributed by atoms with van der Waals surface area (Å²) in [5.74, 6) is 0. The second kappa shape index (κ2) is 22.4. The van der Waals surface area contributed by atoms with Crippen LogP contribution in [0.25, 0.3) is 0 Å². The van der Waals surface area contributed by atoms with Crippen molar-refractivity contribution in [3.8, 4) is 0 Å². The van der Waals surface area contributed by atoms with Crippen LogP contribution < -0.4 is 137 Å². The van der Waals surface area contributed by atoms with Gasteiger partial charge >= 0.3 is 120 Å². The maximum atomic E-state index is 8.33. The maximum absolute atomic E-state index is 8.33. The van der Waals surface area contributed by atoms with E-state index in [4.69, 9.17) is 15.0 Å². The molecular formula is CCuIK2O3. The van der Waals surface area contributed by atoms with Crippen LogP contribution in [0, 0.1) is 0 Å². The van der Waals surface area contributed by atoms with E-state index >= 15 is 0 Å². The largest absolute Gasteiger partial charge is 1.00 e. The Bertz CT molecular complexity index is 40.3. The zero-order valence-corrected chi connectivity index (χ0v) is 13.7. The van der Waals surface area contributed by atoms with Gasteiger partial charge in [-0.2, -0.15) is 0 Å². The summed E-state index contributed by atoms with van der Waals surface area (Å²) in [6, 6.07) is 0. The molecule has 0 N–H and O–H groups in total. The Hall–Kier alpha value is 3.79.